The number of rotatable bonds is 4. The number of hydrogen-bond donors (Lipinski definition) is 0. The van der Waals surface area contributed by atoms with Crippen molar-refractivity contribution in [3.05, 3.63) is 70.7 Å². The van der Waals surface area contributed by atoms with Crippen LogP contribution in [0.15, 0.2) is 54.6 Å². The molecule has 0 radical (unpaired) electrons. The van der Waals surface area contributed by atoms with Gasteiger partial charge in [0.2, 0.25) is 5.91 Å². The molecule has 0 unspecified atom stereocenters. The van der Waals surface area contributed by atoms with E-state index in [2.05, 4.69) is 17.0 Å². The fourth-order valence-corrected chi connectivity index (χ4v) is 4.33. The molecule has 1 aromatic heterocycles. The lowest BCUT2D eigenvalue weighted by Gasteiger charge is -2.33. The smallest absolute Gasteiger partial charge is 0.246 e. The highest BCUT2D eigenvalue weighted by atomic mass is 32.1. The third-order valence-corrected chi connectivity index (χ3v) is 5.89. The Labute approximate surface area is 168 Å². The maximum absolute atomic E-state index is 12.5. The predicted octanol–water partition coefficient (Wildman–Crippen LogP) is 3.53. The van der Waals surface area contributed by atoms with Gasteiger partial charge in [-0.1, -0.05) is 30.3 Å². The average molecular weight is 388 g/mol. The van der Waals surface area contributed by atoms with E-state index in [1.54, 1.807) is 29.6 Å². The minimum Gasteiger partial charge on any atom is -0.337 e. The third kappa shape index (κ3) is 4.11. The van der Waals surface area contributed by atoms with Crippen molar-refractivity contribution in [2.24, 2.45) is 0 Å². The summed E-state index contributed by atoms with van der Waals surface area (Å²) >= 11 is 1.74. The molecule has 1 aliphatic rings. The van der Waals surface area contributed by atoms with Gasteiger partial charge in [0.05, 0.1) is 28.4 Å². The van der Waals surface area contributed by atoms with Crippen molar-refractivity contribution < 1.29 is 4.79 Å². The van der Waals surface area contributed by atoms with Crippen LogP contribution in [0.4, 0.5) is 0 Å². The van der Waals surface area contributed by atoms with Crippen LogP contribution in [0.2, 0.25) is 0 Å². The number of carbonyl (C=O) groups is 1. The minimum absolute atomic E-state index is 0.00706. The van der Waals surface area contributed by atoms with Crippen LogP contribution < -0.4 is 0 Å². The normalized spacial score (nSPS) is 15.2. The first-order chi connectivity index (χ1) is 13.7. The van der Waals surface area contributed by atoms with Crippen molar-refractivity contribution in [1.29, 1.82) is 5.26 Å². The van der Waals surface area contributed by atoms with E-state index in [0.717, 1.165) is 35.7 Å². The van der Waals surface area contributed by atoms with Crippen LogP contribution >= 0.6 is 11.3 Å². The molecule has 0 atom stereocenters. The Hall–Kier alpha value is -3.01. The summed E-state index contributed by atoms with van der Waals surface area (Å²) in [6.07, 6.45) is 3.30. The SMILES string of the molecule is N#Cc1ccccc1C=CC(=O)N1CCN(Cc2nc3ccccc3s2)CC1. The predicted molar refractivity (Wildman–Crippen MR) is 112 cm³/mol. The van der Waals surface area contributed by atoms with Crippen LogP contribution in [0.1, 0.15) is 16.1 Å². The first-order valence-electron chi connectivity index (χ1n) is 9.26. The molecule has 0 spiro atoms. The Bertz CT molecular complexity index is 1020. The maximum atomic E-state index is 12.5. The number of nitrogens with zero attached hydrogens (tertiary/aromatic N) is 4. The van der Waals surface area contributed by atoms with E-state index in [-0.39, 0.29) is 5.91 Å². The quantitative estimate of drug-likeness (QED) is 0.642. The summed E-state index contributed by atoms with van der Waals surface area (Å²) in [4.78, 5) is 21.4. The fraction of sp³-hybridized carbons (Fsp3) is 0.227. The topological polar surface area (TPSA) is 60.2 Å². The largest absolute Gasteiger partial charge is 0.337 e. The molecule has 0 N–H and O–H groups in total. The first-order valence-corrected chi connectivity index (χ1v) is 10.1. The van der Waals surface area contributed by atoms with Crippen molar-refractivity contribution in [2.75, 3.05) is 26.2 Å². The van der Waals surface area contributed by atoms with Gasteiger partial charge in [0.15, 0.2) is 0 Å². The van der Waals surface area contributed by atoms with Gasteiger partial charge in [-0.2, -0.15) is 5.26 Å². The summed E-state index contributed by atoms with van der Waals surface area (Å²) < 4.78 is 1.22. The van der Waals surface area contributed by atoms with Gasteiger partial charge in [0.1, 0.15) is 5.01 Å². The van der Waals surface area contributed by atoms with E-state index in [1.807, 2.05) is 41.3 Å². The lowest BCUT2D eigenvalue weighted by molar-refractivity contribution is -0.127. The number of amides is 1. The van der Waals surface area contributed by atoms with E-state index in [0.29, 0.717) is 18.7 Å². The molecule has 2 heterocycles. The van der Waals surface area contributed by atoms with Gasteiger partial charge in [-0.05, 0) is 29.8 Å². The van der Waals surface area contributed by atoms with Crippen molar-refractivity contribution in [3.8, 4) is 6.07 Å². The zero-order chi connectivity index (χ0) is 19.3. The average Bonchev–Trinajstić information content (AvgIpc) is 3.15. The van der Waals surface area contributed by atoms with Gasteiger partial charge in [-0.25, -0.2) is 4.98 Å². The van der Waals surface area contributed by atoms with Gasteiger partial charge in [0, 0.05) is 32.3 Å². The summed E-state index contributed by atoms with van der Waals surface area (Å²) in [5.41, 5.74) is 2.40. The second kappa shape index (κ2) is 8.34. The number of fused-ring (bicyclic) bond motifs is 1. The number of benzene rings is 2. The Morgan fingerprint density at radius 3 is 2.64 bits per heavy atom. The molecular weight excluding hydrogens is 368 g/mol. The van der Waals surface area contributed by atoms with Crippen LogP contribution in [0.5, 0.6) is 0 Å². The maximum Gasteiger partial charge on any atom is 0.246 e. The molecule has 28 heavy (non-hydrogen) atoms. The van der Waals surface area contributed by atoms with Gasteiger partial charge in [-0.3, -0.25) is 9.69 Å². The second-order valence-electron chi connectivity index (χ2n) is 6.71. The Balaban J connectivity index is 1.32. The lowest BCUT2D eigenvalue weighted by atomic mass is 10.1. The molecule has 2 aromatic carbocycles. The molecule has 0 bridgehead atoms. The summed E-state index contributed by atoms with van der Waals surface area (Å²) in [5.74, 6) is -0.00706. The molecule has 0 saturated carbocycles. The molecule has 5 nitrogen and oxygen atoms in total. The first kappa shape index (κ1) is 18.4. The van der Waals surface area contributed by atoms with Crippen molar-refractivity contribution >= 4 is 33.5 Å². The standard InChI is InChI=1S/C22H20N4OS/c23-15-18-6-2-1-5-17(18)9-10-22(27)26-13-11-25(12-14-26)16-21-24-19-7-3-4-8-20(19)28-21/h1-10H,11-14,16H2. The molecule has 3 aromatic rings. The molecule has 1 amide bonds. The Morgan fingerprint density at radius 1 is 1.11 bits per heavy atom. The third-order valence-electron chi connectivity index (χ3n) is 4.87. The van der Waals surface area contributed by atoms with E-state index in [1.165, 1.54) is 4.70 Å². The molecule has 4 rings (SSSR count). The van der Waals surface area contributed by atoms with Gasteiger partial charge < -0.3 is 4.90 Å². The van der Waals surface area contributed by atoms with Gasteiger partial charge >= 0.3 is 0 Å². The second-order valence-corrected chi connectivity index (χ2v) is 7.82. The number of piperazine rings is 1. The van der Waals surface area contributed by atoms with E-state index < -0.39 is 0 Å². The highest BCUT2D eigenvalue weighted by Crippen LogP contribution is 2.23. The van der Waals surface area contributed by atoms with Crippen LogP contribution in [0, 0.1) is 11.3 Å². The highest BCUT2D eigenvalue weighted by Gasteiger charge is 2.20. The Morgan fingerprint density at radius 2 is 1.86 bits per heavy atom. The van der Waals surface area contributed by atoms with E-state index >= 15 is 0 Å². The van der Waals surface area contributed by atoms with E-state index in [9.17, 15) is 4.79 Å². The number of hydrogen-bond acceptors (Lipinski definition) is 5. The zero-order valence-corrected chi connectivity index (χ0v) is 16.2. The summed E-state index contributed by atoms with van der Waals surface area (Å²) in [7, 11) is 0. The summed E-state index contributed by atoms with van der Waals surface area (Å²) in [5, 5.41) is 10.3. The number of aromatic nitrogens is 1. The summed E-state index contributed by atoms with van der Waals surface area (Å²) in [6, 6.07) is 17.6. The number of carbonyl (C=O) groups excluding carboxylic acids is 1. The minimum atomic E-state index is -0.00706. The van der Waals surface area contributed by atoms with Gasteiger partial charge in [-0.15, -0.1) is 11.3 Å². The van der Waals surface area contributed by atoms with Crippen LogP contribution in [-0.2, 0) is 11.3 Å². The highest BCUT2D eigenvalue weighted by molar-refractivity contribution is 7.18. The molecule has 1 fully saturated rings. The van der Waals surface area contributed by atoms with Crippen molar-refractivity contribution in [2.45, 2.75) is 6.54 Å². The number of nitriles is 1. The fourth-order valence-electron chi connectivity index (χ4n) is 3.32. The van der Waals surface area contributed by atoms with Crippen LogP contribution in [-0.4, -0.2) is 46.9 Å². The molecule has 1 saturated heterocycles. The monoisotopic (exact) mass is 388 g/mol. The zero-order valence-electron chi connectivity index (χ0n) is 15.4. The van der Waals surface area contributed by atoms with Crippen molar-refractivity contribution in [3.63, 3.8) is 0 Å². The number of thiazole rings is 1. The molecule has 6 heteroatoms. The van der Waals surface area contributed by atoms with Crippen molar-refractivity contribution in [1.82, 2.24) is 14.8 Å². The molecular formula is C22H20N4OS. The summed E-state index contributed by atoms with van der Waals surface area (Å²) in [6.45, 7) is 3.91. The Kier molecular flexibility index (Phi) is 5.47. The van der Waals surface area contributed by atoms with Crippen LogP contribution in [0.25, 0.3) is 16.3 Å². The molecule has 0 aliphatic carbocycles. The number of para-hydroxylation sites is 1. The molecule has 140 valence electrons. The lowest BCUT2D eigenvalue weighted by Crippen LogP contribution is -2.47. The molecule has 1 aliphatic heterocycles. The van der Waals surface area contributed by atoms with E-state index in [4.69, 9.17) is 10.2 Å². The van der Waals surface area contributed by atoms with Crippen LogP contribution in [0.3, 0.4) is 0 Å². The van der Waals surface area contributed by atoms with Gasteiger partial charge in [0.25, 0.3) is 0 Å².